The van der Waals surface area contributed by atoms with Crippen LogP contribution in [0.1, 0.15) is 27.2 Å². The quantitative estimate of drug-likeness (QED) is 0.608. The number of hydrogen-bond donors (Lipinski definition) is 2. The molecular formula is C9H17NO4. The normalized spacial score (nSPS) is 10.9. The van der Waals surface area contributed by atoms with Crippen molar-refractivity contribution in [1.29, 1.82) is 0 Å². The van der Waals surface area contributed by atoms with Gasteiger partial charge < -0.3 is 15.2 Å². The molecule has 14 heavy (non-hydrogen) atoms. The molecule has 0 aliphatic heterocycles. The summed E-state index contributed by atoms with van der Waals surface area (Å²) >= 11 is 0. The minimum Gasteiger partial charge on any atom is -0.466 e. The largest absolute Gasteiger partial charge is 0.466 e. The number of esters is 1. The highest BCUT2D eigenvalue weighted by molar-refractivity contribution is 5.84. The first kappa shape index (κ1) is 12.9. The van der Waals surface area contributed by atoms with E-state index in [4.69, 9.17) is 0 Å². The summed E-state index contributed by atoms with van der Waals surface area (Å²) < 4.78 is 4.66. The number of hydrogen-bond acceptors (Lipinski definition) is 4. The zero-order valence-corrected chi connectivity index (χ0v) is 8.79. The summed E-state index contributed by atoms with van der Waals surface area (Å²) in [6.07, 6.45) is 0.121. The van der Waals surface area contributed by atoms with Crippen LogP contribution in [0.25, 0.3) is 0 Å². The molecule has 0 saturated carbocycles. The van der Waals surface area contributed by atoms with Crippen molar-refractivity contribution in [3.63, 3.8) is 0 Å². The van der Waals surface area contributed by atoms with Crippen molar-refractivity contribution in [3.8, 4) is 0 Å². The van der Waals surface area contributed by atoms with Gasteiger partial charge in [-0.1, -0.05) is 0 Å². The predicted molar refractivity (Wildman–Crippen MR) is 50.6 cm³/mol. The van der Waals surface area contributed by atoms with Gasteiger partial charge >= 0.3 is 5.97 Å². The van der Waals surface area contributed by atoms with Gasteiger partial charge in [-0.2, -0.15) is 0 Å². The van der Waals surface area contributed by atoms with Crippen molar-refractivity contribution in [3.05, 3.63) is 0 Å². The second-order valence-corrected chi connectivity index (χ2v) is 3.37. The molecule has 0 fully saturated rings. The Labute approximate surface area is 83.4 Å². The molecule has 5 nitrogen and oxygen atoms in total. The van der Waals surface area contributed by atoms with Crippen molar-refractivity contribution in [2.45, 2.75) is 32.8 Å². The minimum absolute atomic E-state index is 0.121. The second-order valence-electron chi connectivity index (χ2n) is 3.37. The fourth-order valence-electron chi connectivity index (χ4n) is 0.728. The van der Waals surface area contributed by atoms with Gasteiger partial charge in [0, 0.05) is 6.54 Å². The Morgan fingerprint density at radius 2 is 2.00 bits per heavy atom. The van der Waals surface area contributed by atoms with Gasteiger partial charge in [0.05, 0.1) is 13.0 Å². The van der Waals surface area contributed by atoms with Crippen LogP contribution >= 0.6 is 0 Å². The molecule has 0 aromatic heterocycles. The molecule has 0 unspecified atom stereocenters. The van der Waals surface area contributed by atoms with E-state index in [1.54, 1.807) is 6.92 Å². The SMILES string of the molecule is CCOC(=O)CCNC(=O)C(C)(C)O. The van der Waals surface area contributed by atoms with E-state index < -0.39 is 11.5 Å². The number of carbonyl (C=O) groups excluding carboxylic acids is 2. The first-order valence-electron chi connectivity index (χ1n) is 4.54. The van der Waals surface area contributed by atoms with Gasteiger partial charge in [-0.05, 0) is 20.8 Å². The molecule has 0 saturated heterocycles. The highest BCUT2D eigenvalue weighted by Gasteiger charge is 2.23. The Hall–Kier alpha value is -1.10. The molecule has 0 bridgehead atoms. The van der Waals surface area contributed by atoms with E-state index in [-0.39, 0.29) is 18.9 Å². The molecule has 2 N–H and O–H groups in total. The third kappa shape index (κ3) is 5.53. The Balaban J connectivity index is 3.65. The van der Waals surface area contributed by atoms with Crippen molar-refractivity contribution in [2.75, 3.05) is 13.2 Å². The molecule has 0 aliphatic carbocycles. The van der Waals surface area contributed by atoms with Crippen LogP contribution in [-0.2, 0) is 14.3 Å². The Morgan fingerprint density at radius 3 is 2.43 bits per heavy atom. The van der Waals surface area contributed by atoms with E-state index in [0.717, 1.165) is 0 Å². The third-order valence-corrected chi connectivity index (χ3v) is 1.48. The minimum atomic E-state index is -1.41. The Kier molecular flexibility index (Phi) is 5.15. The molecular weight excluding hydrogens is 186 g/mol. The summed E-state index contributed by atoms with van der Waals surface area (Å²) in [5, 5.41) is 11.6. The summed E-state index contributed by atoms with van der Waals surface area (Å²) in [5.41, 5.74) is -1.41. The molecule has 0 spiro atoms. The van der Waals surface area contributed by atoms with Gasteiger partial charge in [0.1, 0.15) is 5.60 Å². The highest BCUT2D eigenvalue weighted by atomic mass is 16.5. The van der Waals surface area contributed by atoms with Crippen LogP contribution in [0.3, 0.4) is 0 Å². The zero-order chi connectivity index (χ0) is 11.2. The van der Waals surface area contributed by atoms with Crippen LogP contribution in [0, 0.1) is 0 Å². The standard InChI is InChI=1S/C9H17NO4/c1-4-14-7(11)5-6-10-8(12)9(2,3)13/h13H,4-6H2,1-3H3,(H,10,12). The summed E-state index contributed by atoms with van der Waals surface area (Å²) in [7, 11) is 0. The van der Waals surface area contributed by atoms with Crippen LogP contribution in [0.4, 0.5) is 0 Å². The number of rotatable bonds is 5. The van der Waals surface area contributed by atoms with Crippen LogP contribution in [0.15, 0.2) is 0 Å². The van der Waals surface area contributed by atoms with Crippen LogP contribution in [0.2, 0.25) is 0 Å². The average Bonchev–Trinajstić information content (AvgIpc) is 2.02. The van der Waals surface area contributed by atoms with Crippen LogP contribution in [-0.4, -0.2) is 35.7 Å². The first-order chi connectivity index (χ1) is 6.38. The number of aliphatic hydroxyl groups is 1. The van der Waals surface area contributed by atoms with Crippen molar-refractivity contribution in [1.82, 2.24) is 5.32 Å². The van der Waals surface area contributed by atoms with Gasteiger partial charge in [0.2, 0.25) is 0 Å². The van der Waals surface area contributed by atoms with E-state index in [1.165, 1.54) is 13.8 Å². The number of ether oxygens (including phenoxy) is 1. The molecule has 82 valence electrons. The van der Waals surface area contributed by atoms with E-state index in [1.807, 2.05) is 0 Å². The second kappa shape index (κ2) is 5.59. The van der Waals surface area contributed by atoms with Gasteiger partial charge in [-0.3, -0.25) is 9.59 Å². The average molecular weight is 203 g/mol. The monoisotopic (exact) mass is 203 g/mol. The number of carbonyl (C=O) groups is 2. The fraction of sp³-hybridized carbons (Fsp3) is 0.778. The van der Waals surface area contributed by atoms with Crippen molar-refractivity contribution >= 4 is 11.9 Å². The van der Waals surface area contributed by atoms with Crippen LogP contribution < -0.4 is 5.32 Å². The lowest BCUT2D eigenvalue weighted by Crippen LogP contribution is -2.42. The summed E-state index contributed by atoms with van der Waals surface area (Å²) in [6, 6.07) is 0. The smallest absolute Gasteiger partial charge is 0.307 e. The van der Waals surface area contributed by atoms with Gasteiger partial charge in [0.15, 0.2) is 0 Å². The first-order valence-corrected chi connectivity index (χ1v) is 4.54. The van der Waals surface area contributed by atoms with Crippen molar-refractivity contribution < 1.29 is 19.4 Å². The summed E-state index contributed by atoms with van der Waals surface area (Å²) in [6.45, 7) is 4.99. The molecule has 0 radical (unpaired) electrons. The highest BCUT2D eigenvalue weighted by Crippen LogP contribution is 1.99. The number of amides is 1. The Bertz CT molecular complexity index is 207. The maximum atomic E-state index is 11.1. The predicted octanol–water partition coefficient (Wildman–Crippen LogP) is -0.173. The topological polar surface area (TPSA) is 75.6 Å². The molecule has 0 aromatic rings. The molecule has 5 heteroatoms. The van der Waals surface area contributed by atoms with Crippen LogP contribution in [0.5, 0.6) is 0 Å². The van der Waals surface area contributed by atoms with E-state index in [0.29, 0.717) is 6.61 Å². The van der Waals surface area contributed by atoms with E-state index >= 15 is 0 Å². The van der Waals surface area contributed by atoms with Gasteiger partial charge in [0.25, 0.3) is 5.91 Å². The maximum Gasteiger partial charge on any atom is 0.307 e. The third-order valence-electron chi connectivity index (χ3n) is 1.48. The van der Waals surface area contributed by atoms with E-state index in [9.17, 15) is 14.7 Å². The lowest BCUT2D eigenvalue weighted by atomic mass is 10.1. The molecule has 0 aliphatic rings. The number of nitrogens with one attached hydrogen (secondary N) is 1. The lowest BCUT2D eigenvalue weighted by molar-refractivity contribution is -0.143. The zero-order valence-electron chi connectivity index (χ0n) is 8.79. The van der Waals surface area contributed by atoms with E-state index in [2.05, 4.69) is 10.1 Å². The maximum absolute atomic E-state index is 11.1. The Morgan fingerprint density at radius 1 is 1.43 bits per heavy atom. The van der Waals surface area contributed by atoms with Crippen molar-refractivity contribution in [2.24, 2.45) is 0 Å². The van der Waals surface area contributed by atoms with Gasteiger partial charge in [-0.15, -0.1) is 0 Å². The molecule has 0 rings (SSSR count). The fourth-order valence-corrected chi connectivity index (χ4v) is 0.728. The molecule has 0 atom stereocenters. The summed E-state index contributed by atoms with van der Waals surface area (Å²) in [4.78, 5) is 21.9. The van der Waals surface area contributed by atoms with Gasteiger partial charge in [-0.25, -0.2) is 0 Å². The molecule has 0 heterocycles. The summed E-state index contributed by atoms with van der Waals surface area (Å²) in [5.74, 6) is -0.856. The lowest BCUT2D eigenvalue weighted by Gasteiger charge is -2.16. The molecule has 1 amide bonds. The molecule has 0 aromatic carbocycles.